The molecule has 0 atom stereocenters. The van der Waals surface area contributed by atoms with Crippen molar-refractivity contribution in [1.29, 1.82) is 0 Å². The number of nitrogens with two attached hydrogens (primary N) is 1. The monoisotopic (exact) mass is 329 g/mol. The normalized spacial score (nSPS) is 17.3. The molecule has 0 aromatic heterocycles. The number of sulfonamides is 1. The molecule has 0 aliphatic heterocycles. The maximum absolute atomic E-state index is 12.6. The van der Waals surface area contributed by atoms with Gasteiger partial charge in [0.25, 0.3) is 0 Å². The lowest BCUT2D eigenvalue weighted by Gasteiger charge is -2.40. The zero-order valence-electron chi connectivity index (χ0n) is 12.7. The summed E-state index contributed by atoms with van der Waals surface area (Å²) >= 11 is 1.76. The first-order valence-electron chi connectivity index (χ1n) is 6.96. The third-order valence-corrected chi connectivity index (χ3v) is 7.30. The van der Waals surface area contributed by atoms with Gasteiger partial charge in [-0.15, -0.1) is 0 Å². The quantitative estimate of drug-likeness (QED) is 0.550. The number of hydrogen-bond donors (Lipinski definition) is 3. The lowest BCUT2D eigenvalue weighted by atomic mass is 9.84. The SMILES string of the molecule is CSC1(CNS(=O)(=O)c2c(C)cc(NN)cc2C)CCC1. The van der Waals surface area contributed by atoms with E-state index >= 15 is 0 Å². The number of hydrazine groups is 1. The van der Waals surface area contributed by atoms with E-state index in [0.29, 0.717) is 28.3 Å². The first-order valence-corrected chi connectivity index (χ1v) is 9.67. The summed E-state index contributed by atoms with van der Waals surface area (Å²) in [6, 6.07) is 3.49. The zero-order valence-corrected chi connectivity index (χ0v) is 14.3. The van der Waals surface area contributed by atoms with E-state index in [-0.39, 0.29) is 4.75 Å². The van der Waals surface area contributed by atoms with Crippen molar-refractivity contribution in [3.8, 4) is 0 Å². The van der Waals surface area contributed by atoms with Crippen LogP contribution in [0.1, 0.15) is 30.4 Å². The number of benzene rings is 1. The molecule has 1 aromatic carbocycles. The van der Waals surface area contributed by atoms with Gasteiger partial charge < -0.3 is 5.43 Å². The minimum Gasteiger partial charge on any atom is -0.324 e. The van der Waals surface area contributed by atoms with Crippen molar-refractivity contribution in [3.05, 3.63) is 23.3 Å². The molecule has 1 fully saturated rings. The van der Waals surface area contributed by atoms with Gasteiger partial charge in [-0.05, 0) is 56.2 Å². The fourth-order valence-electron chi connectivity index (χ4n) is 2.78. The summed E-state index contributed by atoms with van der Waals surface area (Å²) in [4.78, 5) is 0.358. The number of nitrogen functional groups attached to an aromatic ring is 1. The molecule has 1 aromatic rings. The van der Waals surface area contributed by atoms with Crippen LogP contribution in [0.4, 0.5) is 5.69 Å². The second kappa shape index (κ2) is 6.16. The molecule has 7 heteroatoms. The van der Waals surface area contributed by atoms with Crippen molar-refractivity contribution in [3.63, 3.8) is 0 Å². The van der Waals surface area contributed by atoms with Crippen LogP contribution in [0.25, 0.3) is 0 Å². The minimum atomic E-state index is -3.50. The molecule has 1 aliphatic carbocycles. The van der Waals surface area contributed by atoms with Gasteiger partial charge >= 0.3 is 0 Å². The molecule has 0 amide bonds. The molecule has 0 saturated heterocycles. The van der Waals surface area contributed by atoms with E-state index in [0.717, 1.165) is 12.8 Å². The summed E-state index contributed by atoms with van der Waals surface area (Å²) in [6.45, 7) is 4.07. The molecular weight excluding hydrogens is 306 g/mol. The molecule has 0 unspecified atom stereocenters. The van der Waals surface area contributed by atoms with E-state index in [1.54, 1.807) is 37.7 Å². The van der Waals surface area contributed by atoms with Crippen molar-refractivity contribution in [2.75, 3.05) is 18.2 Å². The molecule has 1 aliphatic rings. The van der Waals surface area contributed by atoms with Crippen LogP contribution in [0.3, 0.4) is 0 Å². The summed E-state index contributed by atoms with van der Waals surface area (Å²) in [6.07, 6.45) is 5.37. The molecule has 0 spiro atoms. The summed E-state index contributed by atoms with van der Waals surface area (Å²) in [7, 11) is -3.50. The first kappa shape index (κ1) is 16.6. The van der Waals surface area contributed by atoms with E-state index in [2.05, 4.69) is 10.1 Å². The highest BCUT2D eigenvalue weighted by molar-refractivity contribution is 8.00. The number of rotatable bonds is 6. The molecule has 0 bridgehead atoms. The summed E-state index contributed by atoms with van der Waals surface area (Å²) in [5, 5.41) is 0. The molecule has 5 nitrogen and oxygen atoms in total. The molecule has 21 heavy (non-hydrogen) atoms. The Labute approximate surface area is 131 Å². The highest BCUT2D eigenvalue weighted by Gasteiger charge is 2.37. The maximum Gasteiger partial charge on any atom is 0.241 e. The lowest BCUT2D eigenvalue weighted by molar-refractivity contribution is 0.362. The van der Waals surface area contributed by atoms with Gasteiger partial charge in [-0.2, -0.15) is 11.8 Å². The van der Waals surface area contributed by atoms with Gasteiger partial charge in [0.05, 0.1) is 4.90 Å². The Bertz CT molecular complexity index is 597. The Balaban J connectivity index is 2.24. The Hall–Kier alpha value is -0.760. The summed E-state index contributed by atoms with van der Waals surface area (Å²) in [5.74, 6) is 5.39. The minimum absolute atomic E-state index is 0.0770. The molecule has 0 heterocycles. The van der Waals surface area contributed by atoms with Crippen LogP contribution in [0.15, 0.2) is 17.0 Å². The van der Waals surface area contributed by atoms with E-state index < -0.39 is 10.0 Å². The maximum atomic E-state index is 12.6. The van der Waals surface area contributed by atoms with Gasteiger partial charge in [0, 0.05) is 17.0 Å². The Morgan fingerprint density at radius 3 is 2.24 bits per heavy atom. The number of aryl methyl sites for hydroxylation is 2. The summed E-state index contributed by atoms with van der Waals surface area (Å²) in [5.41, 5.74) is 4.66. The van der Waals surface area contributed by atoms with Crippen molar-refractivity contribution in [1.82, 2.24) is 4.72 Å². The van der Waals surface area contributed by atoms with Crippen LogP contribution in [0, 0.1) is 13.8 Å². The van der Waals surface area contributed by atoms with Gasteiger partial charge in [0.1, 0.15) is 0 Å². The van der Waals surface area contributed by atoms with Crippen LogP contribution >= 0.6 is 11.8 Å². The van der Waals surface area contributed by atoms with Crippen molar-refractivity contribution in [2.24, 2.45) is 5.84 Å². The second-order valence-corrected chi connectivity index (χ2v) is 8.63. The number of hydrogen-bond acceptors (Lipinski definition) is 5. The van der Waals surface area contributed by atoms with Gasteiger partial charge in [0.2, 0.25) is 10.0 Å². The highest BCUT2D eigenvalue weighted by Crippen LogP contribution is 2.42. The van der Waals surface area contributed by atoms with Gasteiger partial charge in [-0.25, -0.2) is 13.1 Å². The number of thioether (sulfide) groups is 1. The zero-order chi connectivity index (χ0) is 15.7. The molecule has 4 N–H and O–H groups in total. The number of anilines is 1. The molecular formula is C14H23N3O2S2. The van der Waals surface area contributed by atoms with Crippen molar-refractivity contribution < 1.29 is 8.42 Å². The topological polar surface area (TPSA) is 84.2 Å². The first-order chi connectivity index (χ1) is 9.83. The van der Waals surface area contributed by atoms with Gasteiger partial charge in [-0.1, -0.05) is 6.42 Å². The van der Waals surface area contributed by atoms with Crippen LogP contribution in [-0.4, -0.2) is 26.0 Å². The molecule has 0 radical (unpaired) electrons. The molecule has 118 valence electrons. The van der Waals surface area contributed by atoms with Crippen molar-refractivity contribution >= 4 is 27.5 Å². The fourth-order valence-corrected chi connectivity index (χ4v) is 5.36. The van der Waals surface area contributed by atoms with Crippen LogP contribution in [0.2, 0.25) is 0 Å². The van der Waals surface area contributed by atoms with E-state index in [1.807, 2.05) is 6.26 Å². The number of nitrogens with one attached hydrogen (secondary N) is 2. The highest BCUT2D eigenvalue weighted by atomic mass is 32.2. The smallest absolute Gasteiger partial charge is 0.241 e. The third kappa shape index (κ3) is 3.36. The second-order valence-electron chi connectivity index (χ2n) is 5.65. The van der Waals surface area contributed by atoms with Gasteiger partial charge in [0.15, 0.2) is 0 Å². The predicted molar refractivity (Wildman–Crippen MR) is 89.0 cm³/mol. The Morgan fingerprint density at radius 1 is 1.29 bits per heavy atom. The Kier molecular flexibility index (Phi) is 4.87. The average Bonchev–Trinajstić information content (AvgIpc) is 2.36. The average molecular weight is 329 g/mol. The van der Waals surface area contributed by atoms with Crippen LogP contribution in [0.5, 0.6) is 0 Å². The summed E-state index contributed by atoms with van der Waals surface area (Å²) < 4.78 is 28.1. The van der Waals surface area contributed by atoms with Crippen LogP contribution in [-0.2, 0) is 10.0 Å². The largest absolute Gasteiger partial charge is 0.324 e. The van der Waals surface area contributed by atoms with Crippen molar-refractivity contribution in [2.45, 2.75) is 42.8 Å². The van der Waals surface area contributed by atoms with Gasteiger partial charge in [-0.3, -0.25) is 5.84 Å². The van der Waals surface area contributed by atoms with E-state index in [9.17, 15) is 8.42 Å². The fraction of sp³-hybridized carbons (Fsp3) is 0.571. The predicted octanol–water partition coefficient (Wildman–Crippen LogP) is 2.15. The standard InChI is InChI=1S/C14H23N3O2S2/c1-10-7-12(17-15)8-11(2)13(10)21(18,19)16-9-14(20-3)5-4-6-14/h7-8,16-17H,4-6,9,15H2,1-3H3. The van der Waals surface area contributed by atoms with E-state index in [4.69, 9.17) is 5.84 Å². The third-order valence-electron chi connectivity index (χ3n) is 4.18. The Morgan fingerprint density at radius 2 is 1.86 bits per heavy atom. The van der Waals surface area contributed by atoms with E-state index in [1.165, 1.54) is 6.42 Å². The molecule has 2 rings (SSSR count). The lowest BCUT2D eigenvalue weighted by Crippen LogP contribution is -2.45. The van der Waals surface area contributed by atoms with Crippen LogP contribution < -0.4 is 16.0 Å². The molecule has 1 saturated carbocycles.